The second-order valence-corrected chi connectivity index (χ2v) is 6.90. The van der Waals surface area contributed by atoms with Crippen LogP contribution in [0.15, 0.2) is 30.3 Å². The monoisotopic (exact) mass is 460 g/mol. The standard InChI is InChI=1S/C17H18BrIO2/c1-10-6-5-7-12(17(10)19)16(18)13-9-15(21-4)14(20-3)8-11(13)2/h5-9,16H,1-4H3. The minimum Gasteiger partial charge on any atom is -0.493 e. The molecule has 0 aliphatic heterocycles. The molecule has 4 heteroatoms. The maximum Gasteiger partial charge on any atom is 0.161 e. The average Bonchev–Trinajstić information content (AvgIpc) is 2.49. The van der Waals surface area contributed by atoms with Crippen molar-refractivity contribution < 1.29 is 9.47 Å². The Hall–Kier alpha value is -0.750. The Bertz CT molecular complexity index is 655. The Morgan fingerprint density at radius 1 is 0.952 bits per heavy atom. The Labute approximate surface area is 148 Å². The minimum atomic E-state index is 0.129. The SMILES string of the molecule is COc1cc(C)c(C(Br)c2cccc(C)c2I)cc1OC. The van der Waals surface area contributed by atoms with Gasteiger partial charge in [0.05, 0.1) is 19.0 Å². The quantitative estimate of drug-likeness (QED) is 0.448. The highest BCUT2D eigenvalue weighted by atomic mass is 127. The van der Waals surface area contributed by atoms with Gasteiger partial charge in [-0.05, 0) is 70.8 Å². The maximum absolute atomic E-state index is 5.42. The summed E-state index contributed by atoms with van der Waals surface area (Å²) >= 11 is 6.24. The molecule has 21 heavy (non-hydrogen) atoms. The summed E-state index contributed by atoms with van der Waals surface area (Å²) < 4.78 is 12.1. The van der Waals surface area contributed by atoms with Crippen molar-refractivity contribution in [1.82, 2.24) is 0 Å². The molecule has 1 atom stereocenters. The van der Waals surface area contributed by atoms with E-state index in [0.29, 0.717) is 0 Å². The van der Waals surface area contributed by atoms with Crippen molar-refractivity contribution in [3.63, 3.8) is 0 Å². The first-order valence-electron chi connectivity index (χ1n) is 6.61. The van der Waals surface area contributed by atoms with E-state index in [0.717, 1.165) is 11.5 Å². The summed E-state index contributed by atoms with van der Waals surface area (Å²) in [5, 5.41) is 0. The van der Waals surface area contributed by atoms with Crippen molar-refractivity contribution in [3.05, 3.63) is 56.2 Å². The first-order chi connectivity index (χ1) is 9.99. The van der Waals surface area contributed by atoms with Gasteiger partial charge >= 0.3 is 0 Å². The zero-order valence-corrected chi connectivity index (χ0v) is 16.3. The van der Waals surface area contributed by atoms with Gasteiger partial charge < -0.3 is 9.47 Å². The zero-order chi connectivity index (χ0) is 15.6. The summed E-state index contributed by atoms with van der Waals surface area (Å²) in [6.07, 6.45) is 0. The van der Waals surface area contributed by atoms with Gasteiger partial charge in [0.2, 0.25) is 0 Å². The van der Waals surface area contributed by atoms with Gasteiger partial charge in [0.25, 0.3) is 0 Å². The number of methoxy groups -OCH3 is 2. The predicted molar refractivity (Wildman–Crippen MR) is 98.9 cm³/mol. The highest BCUT2D eigenvalue weighted by Gasteiger charge is 2.19. The van der Waals surface area contributed by atoms with E-state index < -0.39 is 0 Å². The summed E-state index contributed by atoms with van der Waals surface area (Å²) in [5.41, 5.74) is 4.92. The van der Waals surface area contributed by atoms with Crippen molar-refractivity contribution in [3.8, 4) is 11.5 Å². The number of alkyl halides is 1. The molecule has 112 valence electrons. The molecule has 2 aromatic carbocycles. The normalized spacial score (nSPS) is 12.1. The van der Waals surface area contributed by atoms with Crippen LogP contribution in [0.3, 0.4) is 0 Å². The zero-order valence-electron chi connectivity index (χ0n) is 12.5. The molecule has 2 aromatic rings. The second-order valence-electron chi connectivity index (χ2n) is 4.90. The van der Waals surface area contributed by atoms with Crippen molar-refractivity contribution in [2.45, 2.75) is 18.7 Å². The number of hydrogen-bond donors (Lipinski definition) is 0. The summed E-state index contributed by atoms with van der Waals surface area (Å²) in [5.74, 6) is 1.52. The Morgan fingerprint density at radius 2 is 1.57 bits per heavy atom. The third kappa shape index (κ3) is 3.37. The lowest BCUT2D eigenvalue weighted by Gasteiger charge is -2.19. The van der Waals surface area contributed by atoms with Crippen LogP contribution in [0.2, 0.25) is 0 Å². The van der Waals surface area contributed by atoms with Crippen LogP contribution in [-0.2, 0) is 0 Å². The van der Waals surface area contributed by atoms with E-state index in [1.807, 2.05) is 12.1 Å². The molecule has 2 rings (SSSR count). The Balaban J connectivity index is 2.53. The molecule has 0 spiro atoms. The number of ether oxygens (including phenoxy) is 2. The fourth-order valence-electron chi connectivity index (χ4n) is 2.30. The molecule has 0 radical (unpaired) electrons. The van der Waals surface area contributed by atoms with Crippen molar-refractivity contribution in [2.24, 2.45) is 0 Å². The van der Waals surface area contributed by atoms with Gasteiger partial charge in [-0.15, -0.1) is 0 Å². The number of aryl methyl sites for hydroxylation is 2. The summed E-state index contributed by atoms with van der Waals surface area (Å²) in [4.78, 5) is 0.129. The lowest BCUT2D eigenvalue weighted by Crippen LogP contribution is -2.01. The minimum absolute atomic E-state index is 0.129. The van der Waals surface area contributed by atoms with E-state index in [2.05, 4.69) is 70.6 Å². The molecule has 0 bridgehead atoms. The van der Waals surface area contributed by atoms with Gasteiger partial charge in [-0.3, -0.25) is 0 Å². The van der Waals surface area contributed by atoms with E-state index >= 15 is 0 Å². The lowest BCUT2D eigenvalue weighted by molar-refractivity contribution is 0.354. The highest BCUT2D eigenvalue weighted by molar-refractivity contribution is 14.1. The smallest absolute Gasteiger partial charge is 0.161 e. The Kier molecular flexibility index (Phi) is 5.54. The molecule has 0 aliphatic rings. The van der Waals surface area contributed by atoms with E-state index in [1.165, 1.54) is 25.8 Å². The molecule has 0 saturated carbocycles. The molecule has 2 nitrogen and oxygen atoms in total. The van der Waals surface area contributed by atoms with Crippen LogP contribution in [0.1, 0.15) is 27.1 Å². The lowest BCUT2D eigenvalue weighted by atomic mass is 9.98. The molecule has 0 aliphatic carbocycles. The average molecular weight is 461 g/mol. The topological polar surface area (TPSA) is 18.5 Å². The van der Waals surface area contributed by atoms with Gasteiger partial charge in [-0.25, -0.2) is 0 Å². The molecular formula is C17H18BrIO2. The fourth-order valence-corrected chi connectivity index (χ4v) is 4.28. The Morgan fingerprint density at radius 3 is 2.19 bits per heavy atom. The van der Waals surface area contributed by atoms with Crippen LogP contribution in [0.25, 0.3) is 0 Å². The third-order valence-electron chi connectivity index (χ3n) is 3.54. The van der Waals surface area contributed by atoms with Gasteiger partial charge in [0, 0.05) is 3.57 Å². The summed E-state index contributed by atoms with van der Waals surface area (Å²) in [6, 6.07) is 10.4. The first kappa shape index (κ1) is 16.6. The predicted octanol–water partition coefficient (Wildman–Crippen LogP) is 5.41. The van der Waals surface area contributed by atoms with Crippen molar-refractivity contribution >= 4 is 38.5 Å². The van der Waals surface area contributed by atoms with E-state index in [4.69, 9.17) is 9.47 Å². The number of hydrogen-bond acceptors (Lipinski definition) is 2. The van der Waals surface area contributed by atoms with Crippen LogP contribution in [0, 0.1) is 17.4 Å². The van der Waals surface area contributed by atoms with Gasteiger partial charge in [-0.1, -0.05) is 34.1 Å². The summed E-state index contributed by atoms with van der Waals surface area (Å²) in [7, 11) is 3.32. The van der Waals surface area contributed by atoms with Gasteiger partial charge in [0.1, 0.15) is 0 Å². The number of benzene rings is 2. The van der Waals surface area contributed by atoms with E-state index in [1.54, 1.807) is 14.2 Å². The van der Waals surface area contributed by atoms with Gasteiger partial charge in [0.15, 0.2) is 11.5 Å². The van der Waals surface area contributed by atoms with E-state index in [-0.39, 0.29) is 4.83 Å². The number of halogens is 2. The first-order valence-corrected chi connectivity index (χ1v) is 8.60. The van der Waals surface area contributed by atoms with Crippen molar-refractivity contribution in [1.29, 1.82) is 0 Å². The molecule has 0 fully saturated rings. The molecule has 0 aromatic heterocycles. The molecule has 1 unspecified atom stereocenters. The van der Waals surface area contributed by atoms with Crippen LogP contribution < -0.4 is 9.47 Å². The summed E-state index contributed by atoms with van der Waals surface area (Å²) in [6.45, 7) is 4.22. The van der Waals surface area contributed by atoms with Crippen molar-refractivity contribution in [2.75, 3.05) is 14.2 Å². The second kappa shape index (κ2) is 7.01. The fraction of sp³-hybridized carbons (Fsp3) is 0.294. The largest absolute Gasteiger partial charge is 0.493 e. The van der Waals surface area contributed by atoms with Crippen LogP contribution in [0.4, 0.5) is 0 Å². The molecule has 0 heterocycles. The van der Waals surface area contributed by atoms with Gasteiger partial charge in [-0.2, -0.15) is 0 Å². The van der Waals surface area contributed by atoms with E-state index in [9.17, 15) is 0 Å². The third-order valence-corrected chi connectivity index (χ3v) is 6.00. The van der Waals surface area contributed by atoms with Crippen LogP contribution >= 0.6 is 38.5 Å². The maximum atomic E-state index is 5.42. The molecule has 0 saturated heterocycles. The molecule has 0 amide bonds. The highest BCUT2D eigenvalue weighted by Crippen LogP contribution is 2.40. The molecule has 0 N–H and O–H groups in total. The number of rotatable bonds is 4. The molecular weight excluding hydrogens is 443 g/mol. The van der Waals surface area contributed by atoms with Crippen LogP contribution in [-0.4, -0.2) is 14.2 Å². The van der Waals surface area contributed by atoms with Crippen LogP contribution in [0.5, 0.6) is 11.5 Å².